The van der Waals surface area contributed by atoms with Crippen LogP contribution in [-0.4, -0.2) is 12.1 Å². The van der Waals surface area contributed by atoms with Gasteiger partial charge in [0.2, 0.25) is 0 Å². The van der Waals surface area contributed by atoms with Gasteiger partial charge in [-0.05, 0) is 41.6 Å². The van der Waals surface area contributed by atoms with Crippen molar-refractivity contribution in [3.63, 3.8) is 0 Å². The predicted octanol–water partition coefficient (Wildman–Crippen LogP) is 4.80. The lowest BCUT2D eigenvalue weighted by Crippen LogP contribution is -2.20. The van der Waals surface area contributed by atoms with Gasteiger partial charge in [-0.25, -0.2) is 0 Å². The van der Waals surface area contributed by atoms with Crippen molar-refractivity contribution in [1.82, 2.24) is 0 Å². The lowest BCUT2D eigenvalue weighted by Gasteiger charge is -2.14. The lowest BCUT2D eigenvalue weighted by molar-refractivity contribution is -0.149. The van der Waals surface area contributed by atoms with Gasteiger partial charge in [0.05, 0.1) is 5.92 Å². The molecule has 0 N–H and O–H groups in total. The van der Waals surface area contributed by atoms with Gasteiger partial charge in [0.15, 0.2) is 0 Å². The Morgan fingerprint density at radius 3 is 2.64 bits per heavy atom. The van der Waals surface area contributed by atoms with E-state index >= 15 is 0 Å². The van der Waals surface area contributed by atoms with Gasteiger partial charge in [-0.15, -0.1) is 6.58 Å². The van der Waals surface area contributed by atoms with Crippen LogP contribution >= 0.6 is 0 Å². The normalized spacial score (nSPS) is 29.3. The molecule has 4 heteroatoms. The molecule has 120 valence electrons. The fourth-order valence-electron chi connectivity index (χ4n) is 3.34. The second kappa shape index (κ2) is 5.82. The topological polar surface area (TPSA) is 26.3 Å². The zero-order valence-electron chi connectivity index (χ0n) is 13.3. The molecule has 0 aromatic carbocycles. The first-order valence-corrected chi connectivity index (χ1v) is 7.42. The van der Waals surface area contributed by atoms with Crippen LogP contribution in [0.5, 0.6) is 0 Å². The average molecular weight is 308 g/mol. The highest BCUT2D eigenvalue weighted by Crippen LogP contribution is 2.60. The van der Waals surface area contributed by atoms with Crippen molar-refractivity contribution in [3.05, 3.63) is 48.1 Å². The van der Waals surface area contributed by atoms with E-state index in [2.05, 4.69) is 13.2 Å². The van der Waals surface area contributed by atoms with Crippen molar-refractivity contribution >= 4 is 5.97 Å². The van der Waals surface area contributed by atoms with Gasteiger partial charge in [0.25, 0.3) is 6.08 Å². The molecule has 2 nitrogen and oxygen atoms in total. The third-order valence-corrected chi connectivity index (χ3v) is 4.89. The Kier molecular flexibility index (Phi) is 4.41. The first-order valence-electron chi connectivity index (χ1n) is 7.42. The number of carbonyl (C=O) groups excluding carboxylic acids is 1. The molecule has 2 rings (SSSR count). The molecule has 2 aliphatic rings. The molecular formula is C18H22F2O2. The number of hydrogen-bond acceptors (Lipinski definition) is 2. The summed E-state index contributed by atoms with van der Waals surface area (Å²) in [4.78, 5) is 12.3. The van der Waals surface area contributed by atoms with Crippen molar-refractivity contribution in [2.75, 3.05) is 0 Å². The van der Waals surface area contributed by atoms with Crippen LogP contribution in [0.4, 0.5) is 8.78 Å². The first kappa shape index (κ1) is 16.7. The minimum absolute atomic E-state index is 0.328. The fourth-order valence-corrected chi connectivity index (χ4v) is 3.34. The summed E-state index contributed by atoms with van der Waals surface area (Å²) in [5, 5.41) is 0. The van der Waals surface area contributed by atoms with Crippen molar-refractivity contribution in [2.24, 2.45) is 17.3 Å². The molecule has 0 radical (unpaired) electrons. The summed E-state index contributed by atoms with van der Waals surface area (Å²) in [5.41, 5.74) is 2.55. The maximum atomic E-state index is 12.4. The van der Waals surface area contributed by atoms with Gasteiger partial charge in [-0.1, -0.05) is 26.5 Å². The van der Waals surface area contributed by atoms with Crippen LogP contribution in [0.15, 0.2) is 48.1 Å². The van der Waals surface area contributed by atoms with Crippen molar-refractivity contribution in [2.45, 2.75) is 39.7 Å². The monoisotopic (exact) mass is 308 g/mol. The number of hydrogen-bond donors (Lipinski definition) is 0. The molecule has 22 heavy (non-hydrogen) atoms. The standard InChI is InChI=1S/C18H22F2O2/c1-6-7-12-10(2)8-14(11(12)3)22-17(21)16-13(9-15(19)20)18(16,4)5/h6,9,13-14,16H,1-2,7-8H2,3-5H3/t13-,14?,16+/m0/s1. The molecule has 0 heterocycles. The zero-order chi connectivity index (χ0) is 16.7. The summed E-state index contributed by atoms with van der Waals surface area (Å²) < 4.78 is 30.5. The highest BCUT2D eigenvalue weighted by Gasteiger charge is 2.62. The maximum absolute atomic E-state index is 12.4. The number of esters is 1. The second-order valence-electron chi connectivity index (χ2n) is 6.67. The molecule has 0 aliphatic heterocycles. The van der Waals surface area contributed by atoms with Crippen LogP contribution in [0, 0.1) is 17.3 Å². The molecule has 1 fully saturated rings. The first-order chi connectivity index (χ1) is 10.2. The number of allylic oxidation sites excluding steroid dienone is 3. The molecule has 1 unspecified atom stereocenters. The van der Waals surface area contributed by atoms with E-state index in [1.165, 1.54) is 0 Å². The number of ether oxygens (including phenoxy) is 1. The Hall–Kier alpha value is -1.71. The number of rotatable bonds is 5. The largest absolute Gasteiger partial charge is 0.457 e. The Morgan fingerprint density at radius 1 is 1.45 bits per heavy atom. The summed E-state index contributed by atoms with van der Waals surface area (Å²) in [6.07, 6.45) is 1.87. The van der Waals surface area contributed by atoms with Gasteiger partial charge >= 0.3 is 5.97 Å². The Labute approximate surface area is 130 Å². The summed E-state index contributed by atoms with van der Waals surface area (Å²) in [6.45, 7) is 13.3. The van der Waals surface area contributed by atoms with Gasteiger partial charge in [0.1, 0.15) is 6.10 Å². The van der Waals surface area contributed by atoms with Crippen LogP contribution < -0.4 is 0 Å². The second-order valence-corrected chi connectivity index (χ2v) is 6.67. The van der Waals surface area contributed by atoms with Gasteiger partial charge in [-0.3, -0.25) is 4.79 Å². The van der Waals surface area contributed by atoms with E-state index in [0.29, 0.717) is 12.8 Å². The molecule has 0 aromatic rings. The number of halogens is 2. The van der Waals surface area contributed by atoms with Gasteiger partial charge in [-0.2, -0.15) is 8.78 Å². The minimum atomic E-state index is -1.74. The molecule has 0 bridgehead atoms. The summed E-state index contributed by atoms with van der Waals surface area (Å²) in [5.74, 6) is -1.35. The van der Waals surface area contributed by atoms with Crippen LogP contribution in [0.1, 0.15) is 33.6 Å². The van der Waals surface area contributed by atoms with E-state index in [9.17, 15) is 13.6 Å². The van der Waals surface area contributed by atoms with E-state index in [0.717, 1.165) is 22.8 Å². The predicted molar refractivity (Wildman–Crippen MR) is 82.2 cm³/mol. The molecule has 0 aromatic heterocycles. The quantitative estimate of drug-likeness (QED) is 0.538. The van der Waals surface area contributed by atoms with Crippen molar-refractivity contribution in [3.8, 4) is 0 Å². The number of carbonyl (C=O) groups is 1. The molecule has 0 spiro atoms. The van der Waals surface area contributed by atoms with E-state index in [1.54, 1.807) is 6.08 Å². The maximum Gasteiger partial charge on any atom is 0.310 e. The van der Waals surface area contributed by atoms with Gasteiger partial charge < -0.3 is 4.74 Å². The molecule has 2 aliphatic carbocycles. The molecule has 3 atom stereocenters. The van der Waals surface area contributed by atoms with Gasteiger partial charge in [0, 0.05) is 12.3 Å². The van der Waals surface area contributed by atoms with Crippen LogP contribution in [-0.2, 0) is 9.53 Å². The highest BCUT2D eigenvalue weighted by atomic mass is 19.3. The Bertz CT molecular complexity index is 580. The Morgan fingerprint density at radius 2 is 2.09 bits per heavy atom. The van der Waals surface area contributed by atoms with Crippen molar-refractivity contribution in [1.29, 1.82) is 0 Å². The smallest absolute Gasteiger partial charge is 0.310 e. The average Bonchev–Trinajstić information content (AvgIpc) is 2.83. The van der Waals surface area contributed by atoms with E-state index in [1.807, 2.05) is 20.8 Å². The SMILES string of the molecule is C=CCC1=C(C)C(OC(=O)[C@H]2[C@H](C=C(F)F)C2(C)C)CC1=C. The third-order valence-electron chi connectivity index (χ3n) is 4.89. The molecule has 1 saturated carbocycles. The van der Waals surface area contributed by atoms with E-state index in [4.69, 9.17) is 4.74 Å². The van der Waals surface area contributed by atoms with Crippen LogP contribution in [0.25, 0.3) is 0 Å². The fraction of sp³-hybridized carbons (Fsp3) is 0.500. The minimum Gasteiger partial charge on any atom is -0.457 e. The molecule has 0 saturated heterocycles. The summed E-state index contributed by atoms with van der Waals surface area (Å²) in [6, 6.07) is 0. The zero-order valence-corrected chi connectivity index (χ0v) is 13.3. The summed E-state index contributed by atoms with van der Waals surface area (Å²) >= 11 is 0. The molecular weight excluding hydrogens is 286 g/mol. The van der Waals surface area contributed by atoms with E-state index in [-0.39, 0.29) is 6.10 Å². The van der Waals surface area contributed by atoms with E-state index < -0.39 is 29.3 Å². The highest BCUT2D eigenvalue weighted by molar-refractivity contribution is 5.79. The Balaban J connectivity index is 2.07. The van der Waals surface area contributed by atoms with Crippen molar-refractivity contribution < 1.29 is 18.3 Å². The lowest BCUT2D eigenvalue weighted by atomic mass is 10.1. The van der Waals surface area contributed by atoms with Crippen LogP contribution in [0.3, 0.4) is 0 Å². The summed E-state index contributed by atoms with van der Waals surface area (Å²) in [7, 11) is 0. The molecule has 0 amide bonds. The third kappa shape index (κ3) is 2.92. The van der Waals surface area contributed by atoms with Crippen LogP contribution in [0.2, 0.25) is 0 Å².